The molecule has 1 aromatic carbocycles. The second kappa shape index (κ2) is 7.43. The molecule has 0 heterocycles. The van der Waals surface area contributed by atoms with E-state index in [0.717, 1.165) is 44.0 Å². The summed E-state index contributed by atoms with van der Waals surface area (Å²) in [5, 5.41) is 0. The van der Waals surface area contributed by atoms with Gasteiger partial charge in [0.05, 0.1) is 0 Å². The molecule has 0 saturated heterocycles. The second-order valence-electron chi connectivity index (χ2n) is 6.51. The van der Waals surface area contributed by atoms with Crippen molar-refractivity contribution in [1.29, 1.82) is 0 Å². The number of nitrogens with two attached hydrogens (primary N) is 1. The zero-order valence-corrected chi connectivity index (χ0v) is 13.2. The fourth-order valence-electron chi connectivity index (χ4n) is 3.59. The monoisotopic (exact) mass is 303 g/mol. The highest BCUT2D eigenvalue weighted by Gasteiger charge is 2.35. The van der Waals surface area contributed by atoms with Crippen LogP contribution >= 0.6 is 0 Å². The minimum atomic E-state index is -0.735. The zero-order valence-electron chi connectivity index (χ0n) is 13.2. The molecular formula is C18H25NO3. The molecule has 4 nitrogen and oxygen atoms in total. The number of rotatable bonds is 6. The van der Waals surface area contributed by atoms with Gasteiger partial charge in [-0.2, -0.15) is 0 Å². The van der Waals surface area contributed by atoms with Crippen LogP contribution in [0.25, 0.3) is 0 Å². The summed E-state index contributed by atoms with van der Waals surface area (Å²) >= 11 is 0. The number of hydrogen-bond donors (Lipinski definition) is 1. The summed E-state index contributed by atoms with van der Waals surface area (Å²) < 4.78 is 5.48. The van der Waals surface area contributed by atoms with Crippen LogP contribution in [0.15, 0.2) is 30.3 Å². The van der Waals surface area contributed by atoms with E-state index in [9.17, 15) is 9.59 Å². The van der Waals surface area contributed by atoms with Gasteiger partial charge in [0, 0.05) is 6.42 Å². The average molecular weight is 303 g/mol. The van der Waals surface area contributed by atoms with Crippen molar-refractivity contribution in [2.75, 3.05) is 0 Å². The van der Waals surface area contributed by atoms with E-state index in [2.05, 4.69) is 0 Å². The number of benzene rings is 1. The number of ether oxygens (including phenoxy) is 1. The number of primary amides is 1. The van der Waals surface area contributed by atoms with Crippen molar-refractivity contribution in [2.24, 2.45) is 17.6 Å². The van der Waals surface area contributed by atoms with E-state index >= 15 is 0 Å². The number of amides is 1. The smallest absolute Gasteiger partial charge is 0.405 e. The van der Waals surface area contributed by atoms with Gasteiger partial charge in [0.2, 0.25) is 0 Å². The number of carbonyl (C=O) groups is 2. The van der Waals surface area contributed by atoms with Crippen molar-refractivity contribution in [1.82, 2.24) is 0 Å². The molecule has 0 aromatic heterocycles. The van der Waals surface area contributed by atoms with Gasteiger partial charge in [-0.05, 0) is 43.6 Å². The Bertz CT molecular complexity index is 494. The lowest BCUT2D eigenvalue weighted by molar-refractivity contribution is -0.109. The fourth-order valence-corrected chi connectivity index (χ4v) is 3.59. The molecule has 2 rings (SSSR count). The molecule has 0 radical (unpaired) electrons. The van der Waals surface area contributed by atoms with Crippen molar-refractivity contribution in [3.8, 4) is 0 Å². The van der Waals surface area contributed by atoms with Crippen LogP contribution in [0.1, 0.15) is 51.0 Å². The third-order valence-corrected chi connectivity index (χ3v) is 4.78. The minimum absolute atomic E-state index is 0.493. The molecule has 1 amide bonds. The Morgan fingerprint density at radius 2 is 1.82 bits per heavy atom. The maximum atomic E-state index is 11.3. The lowest BCUT2D eigenvalue weighted by Gasteiger charge is -2.36. The first kappa shape index (κ1) is 16.5. The van der Waals surface area contributed by atoms with Gasteiger partial charge in [-0.1, -0.05) is 43.2 Å². The van der Waals surface area contributed by atoms with E-state index < -0.39 is 11.7 Å². The van der Waals surface area contributed by atoms with E-state index in [1.807, 2.05) is 37.3 Å². The summed E-state index contributed by atoms with van der Waals surface area (Å²) in [6.07, 6.45) is 6.02. The minimum Gasteiger partial charge on any atom is -0.438 e. The van der Waals surface area contributed by atoms with E-state index in [1.54, 1.807) is 0 Å². The lowest BCUT2D eigenvalue weighted by atomic mass is 9.75. The Morgan fingerprint density at radius 1 is 1.23 bits per heavy atom. The second-order valence-corrected chi connectivity index (χ2v) is 6.51. The van der Waals surface area contributed by atoms with Crippen LogP contribution in [0.3, 0.4) is 0 Å². The molecule has 0 bridgehead atoms. The number of aldehydes is 1. The first-order valence-corrected chi connectivity index (χ1v) is 8.01. The third-order valence-electron chi connectivity index (χ3n) is 4.78. The molecule has 4 heteroatoms. The van der Waals surface area contributed by atoms with Gasteiger partial charge in [0.15, 0.2) is 0 Å². The van der Waals surface area contributed by atoms with Crippen molar-refractivity contribution in [3.63, 3.8) is 0 Å². The quantitative estimate of drug-likeness (QED) is 0.813. The maximum absolute atomic E-state index is 11.3. The summed E-state index contributed by atoms with van der Waals surface area (Å²) in [7, 11) is 0. The van der Waals surface area contributed by atoms with Crippen molar-refractivity contribution >= 4 is 12.4 Å². The topological polar surface area (TPSA) is 69.4 Å². The summed E-state index contributed by atoms with van der Waals surface area (Å²) in [5.41, 5.74) is 5.57. The van der Waals surface area contributed by atoms with Crippen molar-refractivity contribution < 1.29 is 14.3 Å². The first-order valence-electron chi connectivity index (χ1n) is 8.01. The molecule has 22 heavy (non-hydrogen) atoms. The van der Waals surface area contributed by atoms with Gasteiger partial charge in [-0.3, -0.25) is 0 Å². The zero-order chi connectivity index (χ0) is 16.0. The first-order chi connectivity index (χ1) is 10.5. The molecule has 1 fully saturated rings. The Balaban J connectivity index is 2.05. The van der Waals surface area contributed by atoms with E-state index in [4.69, 9.17) is 10.5 Å². The van der Waals surface area contributed by atoms with Crippen LogP contribution in [-0.4, -0.2) is 12.4 Å². The summed E-state index contributed by atoms with van der Waals surface area (Å²) in [5.74, 6) is 1.02. The molecule has 1 unspecified atom stereocenters. The fraction of sp³-hybridized carbons (Fsp3) is 0.556. The third kappa shape index (κ3) is 4.33. The molecular weight excluding hydrogens is 278 g/mol. The van der Waals surface area contributed by atoms with Gasteiger partial charge in [-0.25, -0.2) is 4.79 Å². The standard InChI is InChI=1S/C18H25NO3/c1-18(22-17(19)21,16-5-3-2-4-6-16)13-15-9-7-14(8-10-15)11-12-20/h2-6,12,14-15H,7-11,13H2,1H3,(H2,19,21)/t14-,15-,18?. The highest BCUT2D eigenvalue weighted by atomic mass is 16.6. The predicted molar refractivity (Wildman–Crippen MR) is 85.2 cm³/mol. The molecule has 1 aliphatic rings. The predicted octanol–water partition coefficient (Wildman–Crippen LogP) is 3.78. The van der Waals surface area contributed by atoms with Gasteiger partial charge < -0.3 is 15.3 Å². The maximum Gasteiger partial charge on any atom is 0.405 e. The van der Waals surface area contributed by atoms with Crippen LogP contribution < -0.4 is 5.73 Å². The average Bonchev–Trinajstić information content (AvgIpc) is 2.50. The highest BCUT2D eigenvalue weighted by Crippen LogP contribution is 2.39. The SMILES string of the molecule is CC(C[C@H]1CC[C@H](CC=O)CC1)(OC(N)=O)c1ccccc1. The Kier molecular flexibility index (Phi) is 5.58. The molecule has 1 atom stereocenters. The highest BCUT2D eigenvalue weighted by molar-refractivity contribution is 5.65. The molecule has 0 aliphatic heterocycles. The van der Waals surface area contributed by atoms with Gasteiger partial charge in [0.25, 0.3) is 0 Å². The molecule has 1 aliphatic carbocycles. The Morgan fingerprint density at radius 3 is 2.36 bits per heavy atom. The Hall–Kier alpha value is -1.84. The number of hydrogen-bond acceptors (Lipinski definition) is 3. The van der Waals surface area contributed by atoms with Crippen LogP contribution in [0.5, 0.6) is 0 Å². The van der Waals surface area contributed by atoms with Gasteiger partial charge in [0.1, 0.15) is 11.9 Å². The normalized spacial score (nSPS) is 24.2. The van der Waals surface area contributed by atoms with Gasteiger partial charge >= 0.3 is 6.09 Å². The summed E-state index contributed by atoms with van der Waals surface area (Å²) in [4.78, 5) is 21.9. The summed E-state index contributed by atoms with van der Waals surface area (Å²) in [6.45, 7) is 1.94. The number of carbonyl (C=O) groups excluding carboxylic acids is 2. The van der Waals surface area contributed by atoms with Crippen LogP contribution in [-0.2, 0) is 15.1 Å². The molecule has 0 spiro atoms. The van der Waals surface area contributed by atoms with E-state index in [0.29, 0.717) is 18.3 Å². The van der Waals surface area contributed by atoms with Crippen LogP contribution in [0.2, 0.25) is 0 Å². The molecule has 2 N–H and O–H groups in total. The van der Waals surface area contributed by atoms with E-state index in [1.165, 1.54) is 0 Å². The van der Waals surface area contributed by atoms with Crippen LogP contribution in [0, 0.1) is 11.8 Å². The molecule has 120 valence electrons. The Labute approximate surface area is 132 Å². The molecule has 1 saturated carbocycles. The van der Waals surface area contributed by atoms with Gasteiger partial charge in [-0.15, -0.1) is 0 Å². The van der Waals surface area contributed by atoms with Crippen molar-refractivity contribution in [2.45, 2.75) is 51.0 Å². The molecule has 1 aromatic rings. The lowest BCUT2D eigenvalue weighted by Crippen LogP contribution is -2.35. The van der Waals surface area contributed by atoms with Crippen molar-refractivity contribution in [3.05, 3.63) is 35.9 Å². The van der Waals surface area contributed by atoms with E-state index in [-0.39, 0.29) is 0 Å². The van der Waals surface area contributed by atoms with Crippen LogP contribution in [0.4, 0.5) is 4.79 Å². The largest absolute Gasteiger partial charge is 0.438 e. The summed E-state index contributed by atoms with van der Waals surface area (Å²) in [6, 6.07) is 9.78.